The zero-order chi connectivity index (χ0) is 19.3. The van der Waals surface area contributed by atoms with Crippen LogP contribution in [0.2, 0.25) is 18.1 Å². The number of rotatable bonds is 6. The Morgan fingerprint density at radius 1 is 1.12 bits per heavy atom. The molecule has 144 valence electrons. The van der Waals surface area contributed by atoms with Crippen LogP contribution in [0.3, 0.4) is 0 Å². The Balaban J connectivity index is 2.82. The number of nitrogens with zero attached hydrogens (tertiary/aromatic N) is 1. The molecule has 0 fully saturated rings. The summed E-state index contributed by atoms with van der Waals surface area (Å²) in [4.78, 5) is 25.5. The molecule has 7 nitrogen and oxygen atoms in total. The van der Waals surface area contributed by atoms with Crippen molar-refractivity contribution in [1.82, 2.24) is 10.2 Å². The summed E-state index contributed by atoms with van der Waals surface area (Å²) in [6.45, 7) is 15.2. The van der Waals surface area contributed by atoms with Crippen LogP contribution in [0.1, 0.15) is 34.6 Å². The van der Waals surface area contributed by atoms with E-state index in [1.807, 2.05) is 6.08 Å². The quantitative estimate of drug-likeness (QED) is 0.570. The van der Waals surface area contributed by atoms with Crippen LogP contribution in [0.5, 0.6) is 0 Å². The van der Waals surface area contributed by atoms with Crippen LogP contribution in [0.15, 0.2) is 12.2 Å². The summed E-state index contributed by atoms with van der Waals surface area (Å²) in [5, 5.41) is 2.74. The third-order valence-corrected chi connectivity index (χ3v) is 9.11. The molecule has 1 aliphatic heterocycles. The first kappa shape index (κ1) is 21.5. The highest BCUT2D eigenvalue weighted by Crippen LogP contribution is 2.37. The minimum absolute atomic E-state index is 0.0761. The molecule has 0 bridgehead atoms. The van der Waals surface area contributed by atoms with E-state index < -0.39 is 26.7 Å². The first-order chi connectivity index (χ1) is 11.5. The highest BCUT2D eigenvalue weighted by Gasteiger charge is 2.40. The molecule has 0 spiro atoms. The predicted octanol–water partition coefficient (Wildman–Crippen LogP) is 3.48. The molecule has 1 N–H and O–H groups in total. The molecule has 8 heteroatoms. The summed E-state index contributed by atoms with van der Waals surface area (Å²) in [6.07, 6.45) is 1.95. The topological polar surface area (TPSA) is 77.1 Å². The lowest BCUT2D eigenvalue weighted by atomic mass is 10.2. The maximum Gasteiger partial charge on any atom is 0.412 e. The molecule has 0 radical (unpaired) electrons. The van der Waals surface area contributed by atoms with Crippen LogP contribution in [0.25, 0.3) is 0 Å². The van der Waals surface area contributed by atoms with Gasteiger partial charge in [-0.2, -0.15) is 0 Å². The molecule has 0 aliphatic carbocycles. The predicted molar refractivity (Wildman–Crippen MR) is 98.9 cm³/mol. The fourth-order valence-electron chi connectivity index (χ4n) is 2.13. The molecular formula is C17H32N2O5Si. The second-order valence-corrected chi connectivity index (χ2v) is 12.2. The molecule has 0 saturated carbocycles. The van der Waals surface area contributed by atoms with Gasteiger partial charge in [-0.05, 0) is 38.1 Å². The maximum atomic E-state index is 12.4. The number of ether oxygens (including phenoxy) is 2. The van der Waals surface area contributed by atoms with Gasteiger partial charge in [-0.15, -0.1) is 0 Å². The number of amides is 2. The first-order valence-electron chi connectivity index (χ1n) is 8.74. The van der Waals surface area contributed by atoms with E-state index in [9.17, 15) is 9.59 Å². The third-order valence-electron chi connectivity index (χ3n) is 4.61. The van der Waals surface area contributed by atoms with E-state index in [0.29, 0.717) is 6.61 Å². The van der Waals surface area contributed by atoms with Gasteiger partial charge in [0, 0.05) is 0 Å². The Morgan fingerprint density at radius 2 is 1.72 bits per heavy atom. The number of alkyl carbamates (subject to hydrolysis) is 1. The molecule has 2 atom stereocenters. The smallest absolute Gasteiger partial charge is 0.412 e. The van der Waals surface area contributed by atoms with Crippen molar-refractivity contribution in [3.8, 4) is 0 Å². The molecule has 2 amide bonds. The largest absolute Gasteiger partial charge is 0.450 e. The minimum Gasteiger partial charge on any atom is -0.450 e. The summed E-state index contributed by atoms with van der Waals surface area (Å²) in [5.74, 6) is 0. The number of carbonyl (C=O) groups excluding carboxylic acids is 2. The Morgan fingerprint density at radius 3 is 2.24 bits per heavy atom. The zero-order valence-electron chi connectivity index (χ0n) is 16.4. The highest BCUT2D eigenvalue weighted by molar-refractivity contribution is 6.74. The van der Waals surface area contributed by atoms with Crippen molar-refractivity contribution in [3.63, 3.8) is 0 Å². The molecular weight excluding hydrogens is 340 g/mol. The van der Waals surface area contributed by atoms with E-state index >= 15 is 0 Å². The van der Waals surface area contributed by atoms with E-state index in [-0.39, 0.29) is 24.3 Å². The standard InChI is InChI=1S/C17H32N2O5Si/c1-8-22-15(20)18-14-11-10-13(19(14)16(21)23-9-2)12-24-25(6,7)17(3,4)5/h10-11,13-14H,8-9,12H2,1-7H3,(H,18,20)/t13-,14-/m0/s1. The number of carbonyl (C=O) groups is 2. The van der Waals surface area contributed by atoms with Gasteiger partial charge in [0.1, 0.15) is 6.17 Å². The van der Waals surface area contributed by atoms with E-state index in [0.717, 1.165) is 0 Å². The second-order valence-electron chi connectivity index (χ2n) is 7.44. The average Bonchev–Trinajstić information content (AvgIpc) is 2.87. The molecule has 1 aliphatic rings. The Bertz CT molecular complexity index is 502. The minimum atomic E-state index is -1.95. The lowest BCUT2D eigenvalue weighted by Crippen LogP contribution is -2.53. The molecule has 0 saturated heterocycles. The fraction of sp³-hybridized carbons (Fsp3) is 0.765. The van der Waals surface area contributed by atoms with Crippen molar-refractivity contribution < 1.29 is 23.5 Å². The Hall–Kier alpha value is -1.54. The van der Waals surface area contributed by atoms with Crippen molar-refractivity contribution in [3.05, 3.63) is 12.2 Å². The van der Waals surface area contributed by atoms with Gasteiger partial charge in [-0.3, -0.25) is 10.2 Å². The lowest BCUT2D eigenvalue weighted by Gasteiger charge is -2.38. The Labute approximate surface area is 151 Å². The van der Waals surface area contributed by atoms with E-state index in [1.54, 1.807) is 19.9 Å². The van der Waals surface area contributed by atoms with Gasteiger partial charge in [-0.1, -0.05) is 26.8 Å². The normalized spacial score (nSPS) is 20.5. The van der Waals surface area contributed by atoms with Gasteiger partial charge >= 0.3 is 12.2 Å². The van der Waals surface area contributed by atoms with Gasteiger partial charge < -0.3 is 13.9 Å². The second kappa shape index (κ2) is 8.71. The van der Waals surface area contributed by atoms with Gasteiger partial charge in [0.05, 0.1) is 25.9 Å². The fourth-order valence-corrected chi connectivity index (χ4v) is 3.15. The van der Waals surface area contributed by atoms with Crippen LogP contribution >= 0.6 is 0 Å². The van der Waals surface area contributed by atoms with Gasteiger partial charge in [-0.25, -0.2) is 9.59 Å². The molecule has 0 aromatic heterocycles. The van der Waals surface area contributed by atoms with Crippen molar-refractivity contribution in [2.45, 2.75) is 65.0 Å². The SMILES string of the molecule is CCOC(=O)N[C@@H]1C=C[C@@H](CO[Si](C)(C)C(C)(C)C)N1C(=O)OCC. The number of hydrogen-bond acceptors (Lipinski definition) is 5. The van der Waals surface area contributed by atoms with Crippen LogP contribution in [0.4, 0.5) is 9.59 Å². The average molecular weight is 373 g/mol. The van der Waals surface area contributed by atoms with Crippen LogP contribution in [-0.4, -0.2) is 57.4 Å². The molecule has 0 aromatic rings. The molecule has 0 unspecified atom stereocenters. The zero-order valence-corrected chi connectivity index (χ0v) is 17.4. The Kier molecular flexibility index (Phi) is 7.49. The van der Waals surface area contributed by atoms with Gasteiger partial charge in [0.25, 0.3) is 0 Å². The maximum absolute atomic E-state index is 12.4. The van der Waals surface area contributed by atoms with E-state index in [2.05, 4.69) is 39.2 Å². The highest BCUT2D eigenvalue weighted by atomic mass is 28.4. The van der Waals surface area contributed by atoms with Crippen LogP contribution < -0.4 is 5.32 Å². The van der Waals surface area contributed by atoms with E-state index in [4.69, 9.17) is 13.9 Å². The van der Waals surface area contributed by atoms with Crippen molar-refractivity contribution in [2.75, 3.05) is 19.8 Å². The van der Waals surface area contributed by atoms with Crippen LogP contribution in [0, 0.1) is 0 Å². The third kappa shape index (κ3) is 5.74. The first-order valence-corrected chi connectivity index (χ1v) is 11.6. The van der Waals surface area contributed by atoms with Crippen molar-refractivity contribution in [1.29, 1.82) is 0 Å². The van der Waals surface area contributed by atoms with Gasteiger partial charge in [0.2, 0.25) is 0 Å². The number of hydrogen-bond donors (Lipinski definition) is 1. The molecule has 25 heavy (non-hydrogen) atoms. The summed E-state index contributed by atoms with van der Waals surface area (Å²) in [5.41, 5.74) is 0. The van der Waals surface area contributed by atoms with Crippen molar-refractivity contribution in [2.24, 2.45) is 0 Å². The summed E-state index contributed by atoms with van der Waals surface area (Å²) in [6, 6.07) is -0.292. The van der Waals surface area contributed by atoms with Crippen molar-refractivity contribution >= 4 is 20.5 Å². The summed E-state index contributed by atoms with van der Waals surface area (Å²) < 4.78 is 16.3. The monoisotopic (exact) mass is 372 g/mol. The lowest BCUT2D eigenvalue weighted by molar-refractivity contribution is 0.0711. The molecule has 1 heterocycles. The van der Waals surface area contributed by atoms with E-state index in [1.165, 1.54) is 4.90 Å². The van der Waals surface area contributed by atoms with Gasteiger partial charge in [0.15, 0.2) is 8.32 Å². The number of nitrogens with one attached hydrogen (secondary N) is 1. The molecule has 0 aromatic carbocycles. The summed E-state index contributed by atoms with van der Waals surface area (Å²) >= 11 is 0. The summed E-state index contributed by atoms with van der Waals surface area (Å²) in [7, 11) is -1.95. The molecule has 1 rings (SSSR count). The van der Waals surface area contributed by atoms with Crippen LogP contribution in [-0.2, 0) is 13.9 Å².